The van der Waals surface area contributed by atoms with Gasteiger partial charge in [0.15, 0.2) is 0 Å². The van der Waals surface area contributed by atoms with E-state index in [1.165, 1.54) is 5.56 Å². The molecule has 0 aliphatic rings. The van der Waals surface area contributed by atoms with Crippen molar-refractivity contribution >= 4 is 11.8 Å². The van der Waals surface area contributed by atoms with Crippen LogP contribution in [0.3, 0.4) is 0 Å². The minimum absolute atomic E-state index is 0.0380. The molecule has 0 aliphatic heterocycles. The predicted molar refractivity (Wildman–Crippen MR) is 80.1 cm³/mol. The Labute approximate surface area is 121 Å². The first-order chi connectivity index (χ1) is 9.29. The van der Waals surface area contributed by atoms with E-state index >= 15 is 0 Å². The monoisotopic (exact) mass is 276 g/mol. The number of nitrogens with one attached hydrogen (secondary N) is 2. The highest BCUT2D eigenvalue weighted by molar-refractivity contribution is 5.82. The van der Waals surface area contributed by atoms with E-state index in [1.807, 2.05) is 52.0 Å². The summed E-state index contributed by atoms with van der Waals surface area (Å²) in [6.45, 7) is 8.46. The summed E-state index contributed by atoms with van der Waals surface area (Å²) in [7, 11) is 0. The number of carbonyl (C=O) groups is 2. The Bertz CT molecular complexity index is 476. The van der Waals surface area contributed by atoms with Crippen LogP contribution in [0.1, 0.15) is 38.3 Å². The van der Waals surface area contributed by atoms with Crippen molar-refractivity contribution in [2.45, 2.75) is 40.7 Å². The maximum Gasteiger partial charge on any atom is 0.225 e. The maximum absolute atomic E-state index is 11.7. The summed E-state index contributed by atoms with van der Waals surface area (Å²) in [5.41, 5.74) is 1.84. The summed E-state index contributed by atoms with van der Waals surface area (Å²) in [6.07, 6.45) is 0.299. The molecule has 2 amide bonds. The fourth-order valence-electron chi connectivity index (χ4n) is 1.67. The zero-order valence-corrected chi connectivity index (χ0v) is 12.7. The van der Waals surface area contributed by atoms with Gasteiger partial charge < -0.3 is 10.6 Å². The maximum atomic E-state index is 11.7. The molecule has 0 radical (unpaired) electrons. The van der Waals surface area contributed by atoms with Crippen molar-refractivity contribution in [1.82, 2.24) is 10.6 Å². The van der Waals surface area contributed by atoms with Crippen LogP contribution in [-0.2, 0) is 16.1 Å². The molecule has 4 nitrogen and oxygen atoms in total. The minimum Gasteiger partial charge on any atom is -0.355 e. The number of benzene rings is 1. The van der Waals surface area contributed by atoms with Crippen molar-refractivity contribution in [3.63, 3.8) is 0 Å². The van der Waals surface area contributed by atoms with E-state index in [-0.39, 0.29) is 11.8 Å². The van der Waals surface area contributed by atoms with E-state index in [0.717, 1.165) is 5.56 Å². The number of aryl methyl sites for hydroxylation is 1. The largest absolute Gasteiger partial charge is 0.355 e. The molecular weight excluding hydrogens is 252 g/mol. The van der Waals surface area contributed by atoms with E-state index in [4.69, 9.17) is 0 Å². The summed E-state index contributed by atoms with van der Waals surface area (Å²) in [6, 6.07) is 8.02. The quantitative estimate of drug-likeness (QED) is 0.866. The van der Waals surface area contributed by atoms with E-state index in [2.05, 4.69) is 10.6 Å². The molecule has 0 spiro atoms. The molecule has 0 saturated carbocycles. The summed E-state index contributed by atoms with van der Waals surface area (Å²) in [5.74, 6) is -0.0929. The standard InChI is InChI=1S/C16H24N2O2/c1-12-6-5-7-13(10-12)11-18-14(19)8-9-17-15(20)16(2,3)4/h5-7,10H,8-9,11H2,1-4H3,(H,17,20)(H,18,19). The Hall–Kier alpha value is -1.84. The van der Waals surface area contributed by atoms with Gasteiger partial charge in [-0.3, -0.25) is 9.59 Å². The first-order valence-electron chi connectivity index (χ1n) is 6.89. The zero-order chi connectivity index (χ0) is 15.2. The molecule has 1 aromatic carbocycles. The highest BCUT2D eigenvalue weighted by Crippen LogP contribution is 2.12. The van der Waals surface area contributed by atoms with Gasteiger partial charge in [0.2, 0.25) is 11.8 Å². The minimum atomic E-state index is -0.419. The van der Waals surface area contributed by atoms with E-state index in [1.54, 1.807) is 0 Å². The van der Waals surface area contributed by atoms with Gasteiger partial charge in [0.25, 0.3) is 0 Å². The lowest BCUT2D eigenvalue weighted by molar-refractivity contribution is -0.128. The Balaban J connectivity index is 2.26. The van der Waals surface area contributed by atoms with Crippen LogP contribution in [0.5, 0.6) is 0 Å². The highest BCUT2D eigenvalue weighted by atomic mass is 16.2. The van der Waals surface area contributed by atoms with Crippen LogP contribution in [0.2, 0.25) is 0 Å². The highest BCUT2D eigenvalue weighted by Gasteiger charge is 2.20. The molecule has 0 saturated heterocycles. The number of hydrogen-bond acceptors (Lipinski definition) is 2. The summed E-state index contributed by atoms with van der Waals surface area (Å²) in [5, 5.41) is 5.61. The lowest BCUT2D eigenvalue weighted by Gasteiger charge is -2.17. The number of hydrogen-bond donors (Lipinski definition) is 2. The molecule has 4 heteroatoms. The van der Waals surface area contributed by atoms with Crippen molar-refractivity contribution in [3.8, 4) is 0 Å². The van der Waals surface area contributed by atoms with E-state index < -0.39 is 5.41 Å². The number of rotatable bonds is 5. The van der Waals surface area contributed by atoms with Gasteiger partial charge >= 0.3 is 0 Å². The third-order valence-corrected chi connectivity index (χ3v) is 2.89. The van der Waals surface area contributed by atoms with Crippen LogP contribution < -0.4 is 10.6 Å². The SMILES string of the molecule is Cc1cccc(CNC(=O)CCNC(=O)C(C)(C)C)c1. The second-order valence-corrected chi connectivity index (χ2v) is 6.02. The zero-order valence-electron chi connectivity index (χ0n) is 12.7. The van der Waals surface area contributed by atoms with Gasteiger partial charge in [-0.2, -0.15) is 0 Å². The van der Waals surface area contributed by atoms with Crippen molar-refractivity contribution in [2.75, 3.05) is 6.54 Å². The third kappa shape index (κ3) is 5.87. The van der Waals surface area contributed by atoms with Crippen molar-refractivity contribution < 1.29 is 9.59 Å². The van der Waals surface area contributed by atoms with Gasteiger partial charge in [-0.1, -0.05) is 50.6 Å². The first-order valence-corrected chi connectivity index (χ1v) is 6.89. The second kappa shape index (κ2) is 7.08. The summed E-state index contributed by atoms with van der Waals surface area (Å²) >= 11 is 0. The average Bonchev–Trinajstić information content (AvgIpc) is 2.35. The normalized spacial score (nSPS) is 11.0. The molecule has 0 unspecified atom stereocenters. The van der Waals surface area contributed by atoms with Crippen LogP contribution in [-0.4, -0.2) is 18.4 Å². The van der Waals surface area contributed by atoms with Crippen LogP contribution in [0.4, 0.5) is 0 Å². The molecule has 110 valence electrons. The second-order valence-electron chi connectivity index (χ2n) is 6.02. The predicted octanol–water partition coefficient (Wildman–Crippen LogP) is 2.16. The van der Waals surface area contributed by atoms with Gasteiger partial charge in [0.05, 0.1) is 0 Å². The Morgan fingerprint density at radius 1 is 1.15 bits per heavy atom. The molecule has 20 heavy (non-hydrogen) atoms. The van der Waals surface area contributed by atoms with Crippen molar-refractivity contribution in [2.24, 2.45) is 5.41 Å². The smallest absolute Gasteiger partial charge is 0.225 e. The molecule has 0 fully saturated rings. The van der Waals surface area contributed by atoms with Crippen LogP contribution in [0.15, 0.2) is 24.3 Å². The van der Waals surface area contributed by atoms with Crippen molar-refractivity contribution in [1.29, 1.82) is 0 Å². The van der Waals surface area contributed by atoms with Gasteiger partial charge in [-0.05, 0) is 12.5 Å². The molecule has 2 N–H and O–H groups in total. The van der Waals surface area contributed by atoms with Gasteiger partial charge in [0, 0.05) is 24.9 Å². The number of carbonyl (C=O) groups excluding carboxylic acids is 2. The van der Waals surface area contributed by atoms with Crippen LogP contribution in [0, 0.1) is 12.3 Å². The third-order valence-electron chi connectivity index (χ3n) is 2.89. The first kappa shape index (κ1) is 16.2. The molecule has 1 aromatic rings. The van der Waals surface area contributed by atoms with E-state index in [0.29, 0.717) is 19.5 Å². The lowest BCUT2D eigenvalue weighted by Crippen LogP contribution is -2.37. The van der Waals surface area contributed by atoms with Gasteiger partial charge in [0.1, 0.15) is 0 Å². The fraction of sp³-hybridized carbons (Fsp3) is 0.500. The average molecular weight is 276 g/mol. The summed E-state index contributed by atoms with van der Waals surface area (Å²) < 4.78 is 0. The Morgan fingerprint density at radius 2 is 1.85 bits per heavy atom. The van der Waals surface area contributed by atoms with Crippen molar-refractivity contribution in [3.05, 3.63) is 35.4 Å². The Kier molecular flexibility index (Phi) is 5.74. The molecule has 0 atom stereocenters. The molecule has 0 aliphatic carbocycles. The molecular formula is C16H24N2O2. The fourth-order valence-corrected chi connectivity index (χ4v) is 1.67. The molecule has 0 heterocycles. The molecule has 0 aromatic heterocycles. The summed E-state index contributed by atoms with van der Waals surface area (Å²) in [4.78, 5) is 23.3. The van der Waals surface area contributed by atoms with Gasteiger partial charge in [-0.25, -0.2) is 0 Å². The lowest BCUT2D eigenvalue weighted by atomic mass is 9.96. The van der Waals surface area contributed by atoms with E-state index in [9.17, 15) is 9.59 Å². The Morgan fingerprint density at radius 3 is 2.45 bits per heavy atom. The molecule has 1 rings (SSSR count). The topological polar surface area (TPSA) is 58.2 Å². The molecule has 0 bridgehead atoms. The number of amides is 2. The van der Waals surface area contributed by atoms with Crippen LogP contribution in [0.25, 0.3) is 0 Å². The van der Waals surface area contributed by atoms with Gasteiger partial charge in [-0.15, -0.1) is 0 Å². The van der Waals surface area contributed by atoms with Crippen LogP contribution >= 0.6 is 0 Å².